The van der Waals surface area contributed by atoms with Gasteiger partial charge in [-0.15, -0.1) is 0 Å². The smallest absolute Gasteiger partial charge is 0.404 e. The summed E-state index contributed by atoms with van der Waals surface area (Å²) in [4.78, 5) is 10.9. The molecule has 0 aliphatic carbocycles. The fraction of sp³-hybridized carbons (Fsp3) is 0.267. The summed E-state index contributed by atoms with van der Waals surface area (Å²) in [6.45, 7) is 1.95. The molecule has 3 nitrogen and oxygen atoms in total. The molecule has 4 heteroatoms. The summed E-state index contributed by atoms with van der Waals surface area (Å²) in [6.07, 6.45) is 0.372. The molecular formula is C15H15ClO3. The molecule has 0 aliphatic heterocycles. The van der Waals surface area contributed by atoms with Crippen LogP contribution in [-0.4, -0.2) is 12.5 Å². The van der Waals surface area contributed by atoms with Crippen LogP contribution in [0.1, 0.15) is 25.0 Å². The Morgan fingerprint density at radius 3 is 2.53 bits per heavy atom. The lowest BCUT2D eigenvalue weighted by Gasteiger charge is -2.15. The van der Waals surface area contributed by atoms with E-state index in [1.807, 2.05) is 43.3 Å². The topological polar surface area (TPSA) is 35.5 Å². The lowest BCUT2D eigenvalue weighted by atomic mass is 10.0. The van der Waals surface area contributed by atoms with Crippen molar-refractivity contribution in [3.8, 4) is 5.75 Å². The van der Waals surface area contributed by atoms with Gasteiger partial charge in [0.05, 0.1) is 7.11 Å². The predicted octanol–water partition coefficient (Wildman–Crippen LogP) is 4.67. The predicted molar refractivity (Wildman–Crippen MR) is 75.9 cm³/mol. The van der Waals surface area contributed by atoms with Gasteiger partial charge in [0, 0.05) is 11.6 Å². The number of hydrogen-bond donors (Lipinski definition) is 0. The van der Waals surface area contributed by atoms with Crippen molar-refractivity contribution in [1.82, 2.24) is 0 Å². The summed E-state index contributed by atoms with van der Waals surface area (Å²) < 4.78 is 10.3. The molecule has 0 amide bonds. The fourth-order valence-corrected chi connectivity index (χ4v) is 2.18. The molecule has 0 aliphatic rings. The second-order valence-corrected chi connectivity index (χ2v) is 4.53. The van der Waals surface area contributed by atoms with E-state index in [4.69, 9.17) is 21.1 Å². The van der Waals surface area contributed by atoms with Gasteiger partial charge >= 0.3 is 5.43 Å². The molecule has 0 saturated heterocycles. The van der Waals surface area contributed by atoms with Crippen molar-refractivity contribution in [2.24, 2.45) is 0 Å². The first-order valence-electron chi connectivity index (χ1n) is 6.08. The van der Waals surface area contributed by atoms with E-state index in [0.29, 0.717) is 6.42 Å². The molecule has 1 atom stereocenters. The largest absolute Gasteiger partial charge is 0.497 e. The highest BCUT2D eigenvalue weighted by atomic mass is 35.5. The molecule has 2 aromatic rings. The van der Waals surface area contributed by atoms with Crippen LogP contribution in [-0.2, 0) is 4.74 Å². The normalized spacial score (nSPS) is 12.2. The van der Waals surface area contributed by atoms with Crippen molar-refractivity contribution in [1.29, 1.82) is 0 Å². The van der Waals surface area contributed by atoms with Crippen molar-refractivity contribution in [3.63, 3.8) is 0 Å². The SMILES string of the molecule is CCC(OC(=O)Cl)c1ccc2cc(OC)ccc2c1. The van der Waals surface area contributed by atoms with E-state index in [1.54, 1.807) is 7.11 Å². The number of fused-ring (bicyclic) bond motifs is 1. The van der Waals surface area contributed by atoms with E-state index >= 15 is 0 Å². The number of rotatable bonds is 4. The molecule has 19 heavy (non-hydrogen) atoms. The molecule has 2 aromatic carbocycles. The molecule has 1 unspecified atom stereocenters. The van der Waals surface area contributed by atoms with Crippen LogP contribution in [0.2, 0.25) is 0 Å². The average Bonchev–Trinajstić information content (AvgIpc) is 2.43. The first-order valence-corrected chi connectivity index (χ1v) is 6.45. The third-order valence-electron chi connectivity index (χ3n) is 3.05. The molecule has 0 spiro atoms. The highest BCUT2D eigenvalue weighted by Gasteiger charge is 2.13. The minimum atomic E-state index is -0.776. The molecule has 0 N–H and O–H groups in total. The number of halogens is 1. The van der Waals surface area contributed by atoms with Gasteiger partial charge in [0.2, 0.25) is 0 Å². The van der Waals surface area contributed by atoms with Crippen molar-refractivity contribution in [3.05, 3.63) is 42.0 Å². The standard InChI is InChI=1S/C15H15ClO3/c1-3-14(19-15(16)17)12-5-4-11-9-13(18-2)7-6-10(11)8-12/h4-9,14H,3H2,1-2H3. The van der Waals surface area contributed by atoms with Gasteiger partial charge in [-0.05, 0) is 41.0 Å². The van der Waals surface area contributed by atoms with Crippen molar-refractivity contribution >= 4 is 27.8 Å². The second-order valence-electron chi connectivity index (χ2n) is 4.22. The minimum absolute atomic E-state index is 0.309. The van der Waals surface area contributed by atoms with E-state index < -0.39 is 5.43 Å². The van der Waals surface area contributed by atoms with Crippen LogP contribution in [0.4, 0.5) is 4.79 Å². The van der Waals surface area contributed by atoms with Gasteiger partial charge in [-0.2, -0.15) is 0 Å². The van der Waals surface area contributed by atoms with Crippen LogP contribution in [0.25, 0.3) is 10.8 Å². The van der Waals surface area contributed by atoms with Crippen LogP contribution < -0.4 is 4.74 Å². The Labute approximate surface area is 117 Å². The molecule has 100 valence electrons. The van der Waals surface area contributed by atoms with Crippen LogP contribution in [0, 0.1) is 0 Å². The maximum atomic E-state index is 10.9. The third kappa shape index (κ3) is 3.18. The van der Waals surface area contributed by atoms with Gasteiger partial charge in [0.25, 0.3) is 0 Å². The van der Waals surface area contributed by atoms with Gasteiger partial charge < -0.3 is 9.47 Å². The van der Waals surface area contributed by atoms with E-state index in [-0.39, 0.29) is 6.10 Å². The molecule has 2 rings (SSSR count). The molecule has 0 saturated carbocycles. The van der Waals surface area contributed by atoms with E-state index in [1.165, 1.54) is 0 Å². The Bertz CT molecular complexity index is 595. The maximum Gasteiger partial charge on any atom is 0.404 e. The second kappa shape index (κ2) is 5.93. The number of hydrogen-bond acceptors (Lipinski definition) is 3. The Morgan fingerprint density at radius 1 is 1.21 bits per heavy atom. The summed E-state index contributed by atoms with van der Waals surface area (Å²) in [7, 11) is 1.64. The van der Waals surface area contributed by atoms with E-state index in [9.17, 15) is 4.79 Å². The Hall–Kier alpha value is -1.74. The van der Waals surface area contributed by atoms with Gasteiger partial charge in [0.1, 0.15) is 11.9 Å². The van der Waals surface area contributed by atoms with Gasteiger partial charge in [-0.1, -0.05) is 25.1 Å². The molecule has 0 fully saturated rings. The highest BCUT2D eigenvalue weighted by Crippen LogP contribution is 2.27. The van der Waals surface area contributed by atoms with E-state index in [2.05, 4.69) is 0 Å². The number of benzene rings is 2. The summed E-state index contributed by atoms with van der Waals surface area (Å²) in [6, 6.07) is 11.8. The van der Waals surface area contributed by atoms with Crippen LogP contribution in [0.15, 0.2) is 36.4 Å². The minimum Gasteiger partial charge on any atom is -0.497 e. The molecule has 0 heterocycles. The van der Waals surface area contributed by atoms with Crippen molar-refractivity contribution < 1.29 is 14.3 Å². The Balaban J connectivity index is 2.37. The first kappa shape index (κ1) is 13.7. The van der Waals surface area contributed by atoms with Crippen LogP contribution in [0.3, 0.4) is 0 Å². The summed E-state index contributed by atoms with van der Waals surface area (Å²) in [5.41, 5.74) is 0.163. The van der Waals surface area contributed by atoms with Gasteiger partial charge in [-0.25, -0.2) is 4.79 Å². The summed E-state index contributed by atoms with van der Waals surface area (Å²) in [5.74, 6) is 0.819. The van der Waals surface area contributed by atoms with Crippen LogP contribution in [0.5, 0.6) is 5.75 Å². The lowest BCUT2D eigenvalue weighted by Crippen LogP contribution is -2.04. The number of ether oxygens (including phenoxy) is 2. The lowest BCUT2D eigenvalue weighted by molar-refractivity contribution is 0.119. The number of methoxy groups -OCH3 is 1. The first-order chi connectivity index (χ1) is 9.13. The molecular weight excluding hydrogens is 264 g/mol. The number of carbonyl (C=O) groups excluding carboxylic acids is 1. The Morgan fingerprint density at radius 2 is 1.89 bits per heavy atom. The van der Waals surface area contributed by atoms with Crippen LogP contribution >= 0.6 is 11.6 Å². The fourth-order valence-electron chi connectivity index (χ4n) is 2.07. The highest BCUT2D eigenvalue weighted by molar-refractivity contribution is 6.61. The zero-order valence-corrected chi connectivity index (χ0v) is 11.6. The number of carbonyl (C=O) groups is 1. The Kier molecular flexibility index (Phi) is 4.27. The van der Waals surface area contributed by atoms with Gasteiger partial charge in [0.15, 0.2) is 0 Å². The summed E-state index contributed by atoms with van der Waals surface area (Å²) in [5, 5.41) is 2.15. The monoisotopic (exact) mass is 278 g/mol. The van der Waals surface area contributed by atoms with E-state index in [0.717, 1.165) is 22.1 Å². The molecule has 0 bridgehead atoms. The third-order valence-corrected chi connectivity index (χ3v) is 3.14. The van der Waals surface area contributed by atoms with Crippen molar-refractivity contribution in [2.45, 2.75) is 19.4 Å². The zero-order chi connectivity index (χ0) is 13.8. The van der Waals surface area contributed by atoms with Gasteiger partial charge in [-0.3, -0.25) is 0 Å². The average molecular weight is 279 g/mol. The zero-order valence-electron chi connectivity index (χ0n) is 10.9. The molecule has 0 radical (unpaired) electrons. The quantitative estimate of drug-likeness (QED) is 0.762. The maximum absolute atomic E-state index is 10.9. The van der Waals surface area contributed by atoms with Crippen molar-refractivity contribution in [2.75, 3.05) is 7.11 Å². The molecule has 0 aromatic heterocycles. The summed E-state index contributed by atoms with van der Waals surface area (Å²) >= 11 is 5.28.